The Bertz CT molecular complexity index is 389. The van der Waals surface area contributed by atoms with Gasteiger partial charge in [-0.15, -0.1) is 0 Å². The van der Waals surface area contributed by atoms with Crippen molar-refractivity contribution in [2.75, 3.05) is 0 Å². The fourth-order valence-electron chi connectivity index (χ4n) is 1.51. The Labute approximate surface area is 116 Å². The summed E-state index contributed by atoms with van der Waals surface area (Å²) in [6.07, 6.45) is 3.29. The summed E-state index contributed by atoms with van der Waals surface area (Å²) in [5.74, 6) is -1.25. The molecule has 0 aromatic heterocycles. The van der Waals surface area contributed by atoms with E-state index in [0.717, 1.165) is 25.7 Å². The molecule has 0 aromatic carbocycles. The molecule has 20 heavy (non-hydrogen) atoms. The number of hydrogen-bond donors (Lipinski definition) is 4. The van der Waals surface area contributed by atoms with Gasteiger partial charge in [0.2, 0.25) is 23.6 Å². The van der Waals surface area contributed by atoms with E-state index in [1.54, 1.807) is 0 Å². The average Bonchev–Trinajstić information content (AvgIpc) is 3.30. The van der Waals surface area contributed by atoms with Crippen molar-refractivity contribution in [1.29, 1.82) is 0 Å². The number of rotatable bonds is 5. The first-order valence-electron chi connectivity index (χ1n) is 6.73. The van der Waals surface area contributed by atoms with Crippen LogP contribution in [0.3, 0.4) is 0 Å². The lowest BCUT2D eigenvalue weighted by Crippen LogP contribution is -2.44. The highest BCUT2D eigenvalue weighted by molar-refractivity contribution is 5.88. The van der Waals surface area contributed by atoms with Crippen molar-refractivity contribution in [3.63, 3.8) is 0 Å². The predicted octanol–water partition coefficient (Wildman–Crippen LogP) is -1.12. The molecule has 8 nitrogen and oxygen atoms in total. The maximum atomic E-state index is 11.4. The van der Waals surface area contributed by atoms with E-state index < -0.39 is 11.8 Å². The van der Waals surface area contributed by atoms with E-state index >= 15 is 0 Å². The second-order valence-corrected chi connectivity index (χ2v) is 5.12. The minimum atomic E-state index is -0.442. The van der Waals surface area contributed by atoms with Gasteiger partial charge in [0.15, 0.2) is 0 Å². The zero-order chi connectivity index (χ0) is 14.5. The lowest BCUT2D eigenvalue weighted by atomic mass is 10.3. The summed E-state index contributed by atoms with van der Waals surface area (Å²) in [6, 6.07) is 0. The zero-order valence-electron chi connectivity index (χ0n) is 11.0. The van der Waals surface area contributed by atoms with Gasteiger partial charge in [-0.2, -0.15) is 0 Å². The number of amides is 4. The van der Waals surface area contributed by atoms with Crippen LogP contribution in [0.4, 0.5) is 0 Å². The predicted molar refractivity (Wildman–Crippen MR) is 67.3 cm³/mol. The maximum absolute atomic E-state index is 11.4. The van der Waals surface area contributed by atoms with Gasteiger partial charge in [-0.25, -0.2) is 0 Å². The van der Waals surface area contributed by atoms with Crippen LogP contribution < -0.4 is 21.7 Å². The van der Waals surface area contributed by atoms with Gasteiger partial charge in [0.25, 0.3) is 0 Å². The Morgan fingerprint density at radius 1 is 0.650 bits per heavy atom. The smallest absolute Gasteiger partial charge is 0.241 e. The van der Waals surface area contributed by atoms with E-state index in [2.05, 4.69) is 21.7 Å². The second-order valence-electron chi connectivity index (χ2n) is 5.12. The summed E-state index contributed by atoms with van der Waals surface area (Å²) in [4.78, 5) is 45.2. The average molecular weight is 282 g/mol. The quantitative estimate of drug-likeness (QED) is 0.478. The standard InChI is InChI=1S/C12H18N4O4/c17-9(13-15-11(19)7-1-2-7)5-6-10(18)14-16-12(20)8-3-4-8/h7-8H,1-6H2,(H,13,17)(H,14,18)(H,15,19)(H,16,20). The van der Waals surface area contributed by atoms with Crippen molar-refractivity contribution >= 4 is 23.6 Å². The normalized spacial score (nSPS) is 17.0. The first kappa shape index (κ1) is 14.3. The van der Waals surface area contributed by atoms with Crippen LogP contribution in [0.25, 0.3) is 0 Å². The molecule has 4 N–H and O–H groups in total. The summed E-state index contributed by atoms with van der Waals surface area (Å²) >= 11 is 0. The largest absolute Gasteiger partial charge is 0.273 e. The third-order valence-electron chi connectivity index (χ3n) is 3.13. The van der Waals surface area contributed by atoms with Crippen LogP contribution in [0.1, 0.15) is 38.5 Å². The van der Waals surface area contributed by atoms with Crippen LogP contribution in [-0.2, 0) is 19.2 Å². The molecule has 0 radical (unpaired) electrons. The molecule has 2 aliphatic carbocycles. The van der Waals surface area contributed by atoms with Crippen LogP contribution in [0.15, 0.2) is 0 Å². The number of carbonyl (C=O) groups is 4. The fraction of sp³-hybridized carbons (Fsp3) is 0.667. The van der Waals surface area contributed by atoms with Gasteiger partial charge >= 0.3 is 0 Å². The first-order chi connectivity index (χ1) is 9.56. The van der Waals surface area contributed by atoms with Gasteiger partial charge in [-0.3, -0.25) is 40.9 Å². The Morgan fingerprint density at radius 2 is 1.00 bits per heavy atom. The third kappa shape index (κ3) is 4.87. The van der Waals surface area contributed by atoms with Crippen molar-refractivity contribution < 1.29 is 19.2 Å². The van der Waals surface area contributed by atoms with Gasteiger partial charge in [-0.05, 0) is 25.7 Å². The molecule has 0 bridgehead atoms. The summed E-state index contributed by atoms with van der Waals surface area (Å²) in [5.41, 5.74) is 9.10. The van der Waals surface area contributed by atoms with Crippen LogP contribution in [0.5, 0.6) is 0 Å². The Morgan fingerprint density at radius 3 is 1.30 bits per heavy atom. The minimum absolute atomic E-state index is 0.0104. The number of hydrogen-bond acceptors (Lipinski definition) is 4. The van der Waals surface area contributed by atoms with Crippen LogP contribution in [0.2, 0.25) is 0 Å². The molecule has 8 heteroatoms. The highest BCUT2D eigenvalue weighted by atomic mass is 16.2. The molecule has 0 heterocycles. The van der Waals surface area contributed by atoms with Gasteiger partial charge in [0.05, 0.1) is 0 Å². The number of nitrogens with one attached hydrogen (secondary N) is 4. The Kier molecular flexibility index (Phi) is 4.54. The lowest BCUT2D eigenvalue weighted by molar-refractivity contribution is -0.132. The molecule has 0 aromatic rings. The Balaban J connectivity index is 1.51. The van der Waals surface area contributed by atoms with Gasteiger partial charge in [0, 0.05) is 24.7 Å². The van der Waals surface area contributed by atoms with Crippen molar-refractivity contribution in [2.45, 2.75) is 38.5 Å². The first-order valence-corrected chi connectivity index (χ1v) is 6.73. The van der Waals surface area contributed by atoms with E-state index in [1.807, 2.05) is 0 Å². The van der Waals surface area contributed by atoms with E-state index in [1.165, 1.54) is 0 Å². The molecule has 4 amide bonds. The fourth-order valence-corrected chi connectivity index (χ4v) is 1.51. The second kappa shape index (κ2) is 6.36. The SMILES string of the molecule is O=C(CCC(=O)NNC(=O)C1CC1)NNC(=O)C1CC1. The van der Waals surface area contributed by atoms with E-state index in [9.17, 15) is 19.2 Å². The van der Waals surface area contributed by atoms with Gasteiger partial charge in [-0.1, -0.05) is 0 Å². The molecule has 0 aliphatic heterocycles. The van der Waals surface area contributed by atoms with Gasteiger partial charge < -0.3 is 0 Å². The molecular weight excluding hydrogens is 264 g/mol. The maximum Gasteiger partial charge on any atom is 0.241 e. The van der Waals surface area contributed by atoms with Gasteiger partial charge in [0.1, 0.15) is 0 Å². The van der Waals surface area contributed by atoms with E-state index in [-0.39, 0.29) is 36.5 Å². The van der Waals surface area contributed by atoms with Crippen LogP contribution in [-0.4, -0.2) is 23.6 Å². The molecule has 2 aliphatic rings. The molecule has 2 rings (SSSR count). The minimum Gasteiger partial charge on any atom is -0.273 e. The number of carbonyl (C=O) groups excluding carboxylic acids is 4. The van der Waals surface area contributed by atoms with Crippen molar-refractivity contribution in [2.24, 2.45) is 11.8 Å². The third-order valence-corrected chi connectivity index (χ3v) is 3.13. The monoisotopic (exact) mass is 282 g/mol. The molecule has 2 fully saturated rings. The summed E-state index contributed by atoms with van der Waals surface area (Å²) in [7, 11) is 0. The molecule has 0 saturated heterocycles. The lowest BCUT2D eigenvalue weighted by Gasteiger charge is -2.08. The molecular formula is C12H18N4O4. The zero-order valence-corrected chi connectivity index (χ0v) is 11.0. The highest BCUT2D eigenvalue weighted by Crippen LogP contribution is 2.28. The van der Waals surface area contributed by atoms with Crippen LogP contribution in [0, 0.1) is 11.8 Å². The summed E-state index contributed by atoms with van der Waals surface area (Å²) in [6.45, 7) is 0. The molecule has 0 unspecified atom stereocenters. The van der Waals surface area contributed by atoms with Crippen molar-refractivity contribution in [3.05, 3.63) is 0 Å². The van der Waals surface area contributed by atoms with Crippen LogP contribution >= 0.6 is 0 Å². The Hall–Kier alpha value is -2.12. The van der Waals surface area contributed by atoms with E-state index in [4.69, 9.17) is 0 Å². The topological polar surface area (TPSA) is 116 Å². The molecule has 110 valence electrons. The van der Waals surface area contributed by atoms with E-state index in [0.29, 0.717) is 0 Å². The summed E-state index contributed by atoms with van der Waals surface area (Å²) in [5, 5.41) is 0. The van der Waals surface area contributed by atoms with Crippen molar-refractivity contribution in [3.8, 4) is 0 Å². The molecule has 0 atom stereocenters. The molecule has 2 saturated carbocycles. The number of hydrazine groups is 2. The summed E-state index contributed by atoms with van der Waals surface area (Å²) < 4.78 is 0. The highest BCUT2D eigenvalue weighted by Gasteiger charge is 2.30. The van der Waals surface area contributed by atoms with Crippen molar-refractivity contribution in [1.82, 2.24) is 21.7 Å². The molecule has 0 spiro atoms.